The van der Waals surface area contributed by atoms with Crippen LogP contribution in [0, 0.1) is 13.1 Å². The van der Waals surface area contributed by atoms with E-state index in [9.17, 15) is 0 Å². The van der Waals surface area contributed by atoms with Gasteiger partial charge in [-0.3, -0.25) is 0 Å². The lowest BCUT2D eigenvalue weighted by molar-refractivity contribution is 0.00578. The highest BCUT2D eigenvalue weighted by atomic mass is 79.9. The van der Waals surface area contributed by atoms with Crippen molar-refractivity contribution in [3.8, 4) is 11.1 Å². The van der Waals surface area contributed by atoms with Gasteiger partial charge < -0.3 is 30.5 Å². The second-order valence-electron chi connectivity index (χ2n) is 12.6. The Balaban J connectivity index is 0.000000145. The first-order chi connectivity index (χ1) is 21.9. The fraction of sp³-hybridized carbons (Fsp3) is 0.333. The van der Waals surface area contributed by atoms with E-state index in [0.717, 1.165) is 58.1 Å². The highest BCUT2D eigenvalue weighted by Gasteiger charge is 2.52. The van der Waals surface area contributed by atoms with E-state index >= 15 is 0 Å². The van der Waals surface area contributed by atoms with Gasteiger partial charge >= 0.3 is 7.12 Å². The van der Waals surface area contributed by atoms with Gasteiger partial charge in [0.15, 0.2) is 0 Å². The maximum atomic E-state index is 7.01. The Bertz CT molecular complexity index is 1830. The van der Waals surface area contributed by atoms with Gasteiger partial charge in [0.2, 0.25) is 0 Å². The van der Waals surface area contributed by atoms with Gasteiger partial charge in [-0.25, -0.2) is 0 Å². The Morgan fingerprint density at radius 1 is 0.739 bits per heavy atom. The average molecular weight is 677 g/mol. The first-order valence-electron chi connectivity index (χ1n) is 15.4. The number of anilines is 2. The van der Waals surface area contributed by atoms with Crippen LogP contribution in [0.5, 0.6) is 0 Å². The number of halogens is 1. The molecule has 2 aliphatic carbocycles. The van der Waals surface area contributed by atoms with Crippen LogP contribution in [-0.2, 0) is 35.0 Å². The summed E-state index contributed by atoms with van der Waals surface area (Å²) in [5, 5.41) is 0. The molecular weight excluding hydrogens is 639 g/mol. The van der Waals surface area contributed by atoms with Crippen molar-refractivity contribution in [1.82, 2.24) is 9.97 Å². The third kappa shape index (κ3) is 6.95. The Morgan fingerprint density at radius 2 is 1.28 bits per heavy atom. The van der Waals surface area contributed by atoms with E-state index in [1.54, 1.807) is 30.6 Å². The van der Waals surface area contributed by atoms with Gasteiger partial charge in [-0.2, -0.15) is 0 Å². The van der Waals surface area contributed by atoms with Crippen LogP contribution in [0.2, 0.25) is 0 Å². The lowest BCUT2D eigenvalue weighted by atomic mass is 9.76. The molecule has 0 amide bonds. The number of benzene rings is 2. The molecule has 0 radical (unpaired) electrons. The number of aromatic nitrogens is 2. The number of nitrogens with zero attached hydrogens (tertiary/aromatic N) is 4. The average Bonchev–Trinajstić information content (AvgIpc) is 3.76. The van der Waals surface area contributed by atoms with Crippen LogP contribution in [0.15, 0.2) is 65.4 Å². The van der Waals surface area contributed by atoms with Gasteiger partial charge in [-0.15, -0.1) is 9.97 Å². The molecule has 234 valence electrons. The summed E-state index contributed by atoms with van der Waals surface area (Å²) < 4.78 is 13.1. The molecule has 0 bridgehead atoms. The topological polar surface area (TPSA) is 105 Å². The van der Waals surface area contributed by atoms with Gasteiger partial charge in [0.1, 0.15) is 12.4 Å². The van der Waals surface area contributed by atoms with Gasteiger partial charge in [0, 0.05) is 26.9 Å². The number of rotatable bonds is 2. The number of nitrogen functional groups attached to an aromatic ring is 2. The van der Waals surface area contributed by atoms with Crippen molar-refractivity contribution >= 4 is 51.5 Å². The van der Waals surface area contributed by atoms with E-state index in [-0.39, 0.29) is 18.3 Å². The second kappa shape index (κ2) is 13.6. The number of hydrogen-bond donors (Lipinski definition) is 2. The molecule has 46 heavy (non-hydrogen) atoms. The molecule has 3 heterocycles. The Labute approximate surface area is 280 Å². The second-order valence-corrected chi connectivity index (χ2v) is 13.5. The summed E-state index contributed by atoms with van der Waals surface area (Å²) in [7, 11) is -0.351. The maximum Gasteiger partial charge on any atom is 0.496 e. The standard InChI is InChI=1S/C15H22BNO2.C15H13N3.C6H3BrN2/c1-14(2)15(3,4)19-16(18-14)12-9-8-10-6-5-7-11(10)13(12)17;1-17-14-9-11(7-8-18-14)13-6-5-10-3-2-4-12(10)15(13)16;1-8-6-4-5(7)2-3-9-6/h8-9H,5-7,17H2,1-4H3;5-9H,2-4,16H2;2-4H. The highest BCUT2D eigenvalue weighted by molar-refractivity contribution is 9.10. The molecule has 10 heteroatoms. The van der Waals surface area contributed by atoms with Crippen molar-refractivity contribution in [2.45, 2.75) is 77.4 Å². The van der Waals surface area contributed by atoms with Crippen molar-refractivity contribution < 1.29 is 9.31 Å². The zero-order valence-electron chi connectivity index (χ0n) is 26.7. The lowest BCUT2D eigenvalue weighted by Gasteiger charge is -2.32. The normalized spacial score (nSPS) is 16.5. The van der Waals surface area contributed by atoms with Crippen molar-refractivity contribution in [2.75, 3.05) is 11.5 Å². The van der Waals surface area contributed by atoms with Gasteiger partial charge in [-0.1, -0.05) is 53.3 Å². The highest BCUT2D eigenvalue weighted by Crippen LogP contribution is 2.38. The molecule has 3 aliphatic rings. The summed E-state index contributed by atoms with van der Waals surface area (Å²) in [4.78, 5) is 14.3. The summed E-state index contributed by atoms with van der Waals surface area (Å²) in [6.07, 6.45) is 10.1. The molecule has 1 saturated heterocycles. The summed E-state index contributed by atoms with van der Waals surface area (Å²) >= 11 is 3.22. The number of fused-ring (bicyclic) bond motifs is 2. The molecule has 8 nitrogen and oxygen atoms in total. The number of nitrogens with two attached hydrogens (primary N) is 2. The van der Waals surface area contributed by atoms with Crippen LogP contribution in [0.3, 0.4) is 0 Å². The largest absolute Gasteiger partial charge is 0.496 e. The van der Waals surface area contributed by atoms with E-state index < -0.39 is 0 Å². The summed E-state index contributed by atoms with van der Waals surface area (Å²) in [6, 6.07) is 15.6. The molecule has 4 aromatic rings. The van der Waals surface area contributed by atoms with Crippen molar-refractivity contribution in [3.63, 3.8) is 0 Å². The van der Waals surface area contributed by atoms with Crippen molar-refractivity contribution in [2.24, 2.45) is 0 Å². The van der Waals surface area contributed by atoms with Crippen molar-refractivity contribution in [3.05, 3.63) is 110 Å². The molecule has 7 rings (SSSR count). The molecule has 0 atom stereocenters. The van der Waals surface area contributed by atoms with Crippen LogP contribution in [0.4, 0.5) is 23.0 Å². The van der Waals surface area contributed by atoms with Crippen molar-refractivity contribution in [1.29, 1.82) is 0 Å². The first kappa shape index (κ1) is 33.2. The zero-order chi connectivity index (χ0) is 33.1. The molecule has 2 aromatic heterocycles. The smallest absolute Gasteiger partial charge is 0.399 e. The van der Waals surface area contributed by atoms with E-state index in [1.165, 1.54) is 35.1 Å². The monoisotopic (exact) mass is 676 g/mol. The summed E-state index contributed by atoms with van der Waals surface area (Å²) in [5.41, 5.74) is 22.0. The van der Waals surface area contributed by atoms with Crippen LogP contribution < -0.4 is 16.9 Å². The quantitative estimate of drug-likeness (QED) is 0.127. The summed E-state index contributed by atoms with van der Waals surface area (Å²) in [6.45, 7) is 21.9. The fourth-order valence-corrected chi connectivity index (χ4v) is 6.26. The van der Waals surface area contributed by atoms with Crippen LogP contribution in [-0.4, -0.2) is 28.3 Å². The molecule has 1 aliphatic heterocycles. The fourth-order valence-electron chi connectivity index (χ4n) is 5.94. The minimum atomic E-state index is -0.351. The van der Waals surface area contributed by atoms with Gasteiger partial charge in [-0.05, 0) is 118 Å². The molecule has 0 unspecified atom stereocenters. The van der Waals surface area contributed by atoms with Gasteiger partial charge in [0.25, 0.3) is 11.6 Å². The van der Waals surface area contributed by atoms with E-state index in [1.807, 2.05) is 6.07 Å². The minimum Gasteiger partial charge on any atom is -0.399 e. The Hall–Kier alpha value is -4.22. The zero-order valence-corrected chi connectivity index (χ0v) is 28.3. The number of hydrogen-bond acceptors (Lipinski definition) is 6. The third-order valence-electron chi connectivity index (χ3n) is 9.19. The maximum absolute atomic E-state index is 7.01. The minimum absolute atomic E-state index is 0.316. The predicted molar refractivity (Wildman–Crippen MR) is 189 cm³/mol. The van der Waals surface area contributed by atoms with E-state index in [0.29, 0.717) is 11.6 Å². The molecule has 1 fully saturated rings. The van der Waals surface area contributed by atoms with E-state index in [4.69, 9.17) is 33.9 Å². The Kier molecular flexibility index (Phi) is 9.83. The lowest BCUT2D eigenvalue weighted by Crippen LogP contribution is -2.41. The molecule has 0 saturated carbocycles. The van der Waals surface area contributed by atoms with Gasteiger partial charge in [0.05, 0.1) is 11.2 Å². The van der Waals surface area contributed by atoms with Crippen LogP contribution >= 0.6 is 15.9 Å². The number of pyridine rings is 2. The molecule has 0 spiro atoms. The first-order valence-corrected chi connectivity index (χ1v) is 16.2. The number of aryl methyl sites for hydroxylation is 2. The van der Waals surface area contributed by atoms with Crippen LogP contribution in [0.25, 0.3) is 20.8 Å². The molecule has 4 N–H and O–H groups in total. The SMILES string of the molecule is CC1(C)OB(c2ccc3c(c2N)CCC3)OC1(C)C.[C-]#[N+]c1cc(-c2ccc3c(c2N)CCC3)ccn1.[C-]#[N+]c1cc(Br)ccn1. The third-order valence-corrected chi connectivity index (χ3v) is 9.68. The molecular formula is C36H38BBrN6O2. The Morgan fingerprint density at radius 3 is 1.85 bits per heavy atom. The summed E-state index contributed by atoms with van der Waals surface area (Å²) in [5.74, 6) is 0.830. The predicted octanol–water partition coefficient (Wildman–Crippen LogP) is 7.82. The van der Waals surface area contributed by atoms with Crippen LogP contribution in [0.1, 0.15) is 62.8 Å². The molecule has 2 aromatic carbocycles. The van der Waals surface area contributed by atoms with E-state index in [2.05, 4.69) is 87.5 Å².